The lowest BCUT2D eigenvalue weighted by Gasteiger charge is -2.28. The summed E-state index contributed by atoms with van der Waals surface area (Å²) in [5.41, 5.74) is 0.349. The second kappa shape index (κ2) is 6.78. The lowest BCUT2D eigenvalue weighted by Crippen LogP contribution is -2.37. The highest BCUT2D eigenvalue weighted by Crippen LogP contribution is 2.28. The second-order valence-electron chi connectivity index (χ2n) is 5.50. The van der Waals surface area contributed by atoms with Crippen molar-refractivity contribution in [3.8, 4) is 6.07 Å². The topological polar surface area (TPSA) is 70.0 Å². The zero-order valence-electron chi connectivity index (χ0n) is 12.0. The maximum atomic E-state index is 12.4. The van der Waals surface area contributed by atoms with Gasteiger partial charge in [-0.3, -0.25) is 0 Å². The Morgan fingerprint density at radius 2 is 2.00 bits per heavy atom. The minimum atomic E-state index is -3.63. The molecular weight excluding hydrogens is 308 g/mol. The summed E-state index contributed by atoms with van der Waals surface area (Å²) < 4.78 is 27.5. The Morgan fingerprint density at radius 1 is 1.33 bits per heavy atom. The first-order valence-electron chi connectivity index (χ1n) is 7.18. The maximum Gasteiger partial charge on any atom is 0.242 e. The van der Waals surface area contributed by atoms with E-state index in [0.717, 1.165) is 32.1 Å². The number of hydrogen-bond acceptors (Lipinski definition) is 3. The molecule has 0 heterocycles. The largest absolute Gasteiger partial charge is 0.242 e. The summed E-state index contributed by atoms with van der Waals surface area (Å²) in [5.74, 6) is 0.712. The highest BCUT2D eigenvalue weighted by molar-refractivity contribution is 7.89. The first-order valence-corrected chi connectivity index (χ1v) is 9.04. The summed E-state index contributed by atoms with van der Waals surface area (Å²) in [6.45, 7) is 2.17. The van der Waals surface area contributed by atoms with E-state index >= 15 is 0 Å². The minimum Gasteiger partial charge on any atom is -0.208 e. The first-order chi connectivity index (χ1) is 9.96. The number of nitrogens with one attached hydrogen (secondary N) is 1. The molecular formula is C15H19ClN2O2S. The number of nitrogens with zero attached hydrogens (tertiary/aromatic N) is 1. The highest BCUT2D eigenvalue weighted by Gasteiger charge is 2.26. The molecule has 0 bridgehead atoms. The fraction of sp³-hybridized carbons (Fsp3) is 0.533. The van der Waals surface area contributed by atoms with Gasteiger partial charge in [0.05, 0.1) is 16.7 Å². The van der Waals surface area contributed by atoms with Gasteiger partial charge in [-0.05, 0) is 49.8 Å². The van der Waals surface area contributed by atoms with Gasteiger partial charge in [-0.1, -0.05) is 24.9 Å². The van der Waals surface area contributed by atoms with Crippen molar-refractivity contribution in [2.24, 2.45) is 5.92 Å². The summed E-state index contributed by atoms with van der Waals surface area (Å²) >= 11 is 5.99. The lowest BCUT2D eigenvalue weighted by molar-refractivity contribution is 0.306. The molecule has 2 rings (SSSR count). The lowest BCUT2D eigenvalue weighted by atomic mass is 9.85. The van der Waals surface area contributed by atoms with Gasteiger partial charge in [-0.2, -0.15) is 5.26 Å². The summed E-state index contributed by atoms with van der Waals surface area (Å²) in [7, 11) is -3.63. The fourth-order valence-corrected chi connectivity index (χ4v) is 4.61. The van der Waals surface area contributed by atoms with Crippen molar-refractivity contribution in [1.29, 1.82) is 5.26 Å². The number of halogens is 1. The number of benzene rings is 1. The van der Waals surface area contributed by atoms with Gasteiger partial charge in [0.1, 0.15) is 4.90 Å². The molecule has 0 unspecified atom stereocenters. The van der Waals surface area contributed by atoms with Crippen molar-refractivity contribution in [3.63, 3.8) is 0 Å². The molecule has 0 aromatic heterocycles. The Hall–Kier alpha value is -1.09. The molecule has 1 N–H and O–H groups in total. The molecule has 1 saturated carbocycles. The predicted octanol–water partition coefficient (Wildman–Crippen LogP) is 3.46. The number of rotatable bonds is 4. The van der Waals surface area contributed by atoms with Crippen molar-refractivity contribution in [1.82, 2.24) is 4.72 Å². The smallest absolute Gasteiger partial charge is 0.208 e. The molecule has 0 amide bonds. The van der Waals surface area contributed by atoms with Crippen molar-refractivity contribution < 1.29 is 8.42 Å². The molecule has 4 nitrogen and oxygen atoms in total. The van der Waals surface area contributed by atoms with Crippen LogP contribution in [0.4, 0.5) is 0 Å². The molecule has 1 fully saturated rings. The van der Waals surface area contributed by atoms with E-state index in [9.17, 15) is 8.42 Å². The second-order valence-corrected chi connectivity index (χ2v) is 7.59. The van der Waals surface area contributed by atoms with Crippen LogP contribution >= 0.6 is 11.6 Å². The van der Waals surface area contributed by atoms with Crippen molar-refractivity contribution >= 4 is 21.6 Å². The van der Waals surface area contributed by atoms with E-state index in [0.29, 0.717) is 11.5 Å². The van der Waals surface area contributed by atoms with Gasteiger partial charge in [0, 0.05) is 6.04 Å². The van der Waals surface area contributed by atoms with E-state index in [1.54, 1.807) is 0 Å². The summed E-state index contributed by atoms with van der Waals surface area (Å²) in [6.07, 6.45) is 5.01. The van der Waals surface area contributed by atoms with Gasteiger partial charge in [-0.25, -0.2) is 13.1 Å². The van der Waals surface area contributed by atoms with Crippen LogP contribution in [0.25, 0.3) is 0 Å². The van der Waals surface area contributed by atoms with E-state index in [1.807, 2.05) is 6.07 Å². The standard InChI is InChI=1S/C15H19ClN2O2S/c1-2-11-3-6-13(7-4-11)18-21(19,20)15-8-5-12(10-17)9-14(15)16/h5,8-9,11,13,18H,2-4,6-7H2,1H3. The van der Waals surface area contributed by atoms with Crippen LogP contribution < -0.4 is 4.72 Å². The molecule has 0 atom stereocenters. The minimum absolute atomic E-state index is 0.0236. The molecule has 1 aromatic carbocycles. The number of sulfonamides is 1. The molecule has 6 heteroatoms. The predicted molar refractivity (Wildman–Crippen MR) is 82.5 cm³/mol. The molecule has 0 spiro atoms. The van der Waals surface area contributed by atoms with Gasteiger partial charge in [-0.15, -0.1) is 0 Å². The molecule has 0 aliphatic heterocycles. The average Bonchev–Trinajstić information content (AvgIpc) is 2.47. The van der Waals surface area contributed by atoms with Gasteiger partial charge in [0.15, 0.2) is 0 Å². The summed E-state index contributed by atoms with van der Waals surface area (Å²) in [4.78, 5) is 0.0424. The quantitative estimate of drug-likeness (QED) is 0.921. The number of hydrogen-bond donors (Lipinski definition) is 1. The maximum absolute atomic E-state index is 12.4. The normalized spacial score (nSPS) is 22.7. The van der Waals surface area contributed by atoms with Gasteiger partial charge in [0.25, 0.3) is 0 Å². The van der Waals surface area contributed by atoms with E-state index in [-0.39, 0.29) is 16.0 Å². The molecule has 1 aliphatic carbocycles. The Morgan fingerprint density at radius 3 is 2.52 bits per heavy atom. The summed E-state index contributed by atoms with van der Waals surface area (Å²) in [5, 5.41) is 8.88. The number of nitriles is 1. The first kappa shape index (κ1) is 16.3. The molecule has 21 heavy (non-hydrogen) atoms. The van der Waals surface area contributed by atoms with Gasteiger partial charge < -0.3 is 0 Å². The van der Waals surface area contributed by atoms with E-state index < -0.39 is 10.0 Å². The Kier molecular flexibility index (Phi) is 5.26. The van der Waals surface area contributed by atoms with Crippen LogP contribution in [0.15, 0.2) is 23.1 Å². The SMILES string of the molecule is CCC1CCC(NS(=O)(=O)c2ccc(C#N)cc2Cl)CC1. The van der Waals surface area contributed by atoms with Gasteiger partial charge in [0.2, 0.25) is 10.0 Å². The Balaban J connectivity index is 2.11. The Bertz CT molecular complexity index is 644. The van der Waals surface area contributed by atoms with E-state index in [4.69, 9.17) is 16.9 Å². The van der Waals surface area contributed by atoms with Gasteiger partial charge >= 0.3 is 0 Å². The third-order valence-corrected chi connectivity index (χ3v) is 6.10. The van der Waals surface area contributed by atoms with Crippen molar-refractivity contribution in [2.45, 2.75) is 50.0 Å². The molecule has 1 aliphatic rings. The Labute approximate surface area is 131 Å². The van der Waals surface area contributed by atoms with Crippen LogP contribution in [0.3, 0.4) is 0 Å². The zero-order chi connectivity index (χ0) is 15.5. The van der Waals surface area contributed by atoms with Crippen LogP contribution in [0.1, 0.15) is 44.6 Å². The average molecular weight is 327 g/mol. The monoisotopic (exact) mass is 326 g/mol. The van der Waals surface area contributed by atoms with Crippen LogP contribution in [0.2, 0.25) is 5.02 Å². The van der Waals surface area contributed by atoms with Crippen LogP contribution in [-0.4, -0.2) is 14.5 Å². The van der Waals surface area contributed by atoms with E-state index in [1.165, 1.54) is 18.2 Å². The van der Waals surface area contributed by atoms with Crippen LogP contribution in [0.5, 0.6) is 0 Å². The molecule has 0 radical (unpaired) electrons. The molecule has 0 saturated heterocycles. The third kappa shape index (κ3) is 3.97. The van der Waals surface area contributed by atoms with Crippen LogP contribution in [0, 0.1) is 17.2 Å². The van der Waals surface area contributed by atoms with Crippen LogP contribution in [-0.2, 0) is 10.0 Å². The van der Waals surface area contributed by atoms with Crippen molar-refractivity contribution in [3.05, 3.63) is 28.8 Å². The fourth-order valence-electron chi connectivity index (χ4n) is 2.76. The highest BCUT2D eigenvalue weighted by atomic mass is 35.5. The van der Waals surface area contributed by atoms with Crippen molar-refractivity contribution in [2.75, 3.05) is 0 Å². The molecule has 114 valence electrons. The summed E-state index contributed by atoms with van der Waals surface area (Å²) in [6, 6.07) is 6.15. The zero-order valence-corrected chi connectivity index (χ0v) is 13.5. The third-order valence-electron chi connectivity index (χ3n) is 4.10. The van der Waals surface area contributed by atoms with E-state index in [2.05, 4.69) is 11.6 Å². The molecule has 1 aromatic rings.